The molecule has 0 aliphatic heterocycles. The van der Waals surface area contributed by atoms with Crippen molar-refractivity contribution in [1.29, 1.82) is 0 Å². The van der Waals surface area contributed by atoms with E-state index in [2.05, 4.69) is 21.4 Å². The van der Waals surface area contributed by atoms with E-state index in [0.29, 0.717) is 6.42 Å². The van der Waals surface area contributed by atoms with Gasteiger partial charge in [0.1, 0.15) is 0 Å². The average Bonchev–Trinajstić information content (AvgIpc) is 2.72. The van der Waals surface area contributed by atoms with Crippen LogP contribution in [0.5, 0.6) is 0 Å². The molecule has 0 saturated carbocycles. The second kappa shape index (κ2) is 25.1. The second-order valence-corrected chi connectivity index (χ2v) is 9.45. The summed E-state index contributed by atoms with van der Waals surface area (Å²) in [7, 11) is -4.96. The normalized spacial score (nSPS) is 11.6. The Hall–Kier alpha value is 0.480. The van der Waals surface area contributed by atoms with Crippen LogP contribution in [0.1, 0.15) is 113 Å². The van der Waals surface area contributed by atoms with E-state index in [9.17, 15) is 22.8 Å². The summed E-state index contributed by atoms with van der Waals surface area (Å²) >= 11 is 0. The van der Waals surface area contributed by atoms with Gasteiger partial charge in [0.15, 0.2) is 5.25 Å². The summed E-state index contributed by atoms with van der Waals surface area (Å²) < 4.78 is 36.3. The molecule has 0 rings (SSSR count). The topological polar surface area (TPSA) is 133 Å². The SMILES string of the molecule is CCCCCCCCCCCCCCCC(=O)OC(=O)C(CC(=O)OOCC)S(=O)(=O)O.[H-].[H-].[Na+].[Na+]. The molecule has 0 aliphatic rings. The van der Waals surface area contributed by atoms with E-state index in [0.717, 1.165) is 25.7 Å². The van der Waals surface area contributed by atoms with Crippen molar-refractivity contribution in [3.63, 3.8) is 0 Å². The summed E-state index contributed by atoms with van der Waals surface area (Å²) in [4.78, 5) is 43.7. The third-order valence-electron chi connectivity index (χ3n) is 4.94. The summed E-state index contributed by atoms with van der Waals surface area (Å²) in [6.07, 6.45) is 13.8. The molecule has 0 heterocycles. The number of unbranched alkanes of at least 4 members (excludes halogenated alkanes) is 12. The summed E-state index contributed by atoms with van der Waals surface area (Å²) in [6, 6.07) is 0. The van der Waals surface area contributed by atoms with Crippen molar-refractivity contribution < 1.29 is 104 Å². The van der Waals surface area contributed by atoms with Gasteiger partial charge in [0.25, 0.3) is 10.1 Å². The predicted molar refractivity (Wildman–Crippen MR) is 121 cm³/mol. The first kappa shape index (κ1) is 39.0. The molecule has 1 unspecified atom stereocenters. The van der Waals surface area contributed by atoms with Gasteiger partial charge < -0.3 is 7.59 Å². The summed E-state index contributed by atoms with van der Waals surface area (Å²) in [6.45, 7) is 3.76. The molecular formula is C22H42Na2O9S. The molecule has 0 saturated heterocycles. The minimum atomic E-state index is -4.96. The van der Waals surface area contributed by atoms with Crippen LogP contribution in [0.4, 0.5) is 0 Å². The summed E-state index contributed by atoms with van der Waals surface area (Å²) in [5.41, 5.74) is 0. The minimum absolute atomic E-state index is 0. The molecule has 0 aromatic rings. The van der Waals surface area contributed by atoms with Crippen LogP contribution >= 0.6 is 0 Å². The number of esters is 2. The maximum Gasteiger partial charge on any atom is 1.00 e. The first-order valence-corrected chi connectivity index (χ1v) is 13.3. The fourth-order valence-electron chi connectivity index (χ4n) is 3.14. The zero-order valence-electron chi connectivity index (χ0n) is 23.5. The standard InChI is InChI=1S/C22H40O9S.2Na.2H/c1-3-5-6-7-8-9-10-11-12-13-14-15-16-17-20(23)30-22(25)19(32(26,27)28)18-21(24)31-29-4-2;;;;/h19H,3-18H2,1-2H3,(H,26,27,28);;;;/q;2*+1;2*-1. The van der Waals surface area contributed by atoms with Gasteiger partial charge in [0.05, 0.1) is 13.0 Å². The largest absolute Gasteiger partial charge is 1.00 e. The van der Waals surface area contributed by atoms with Crippen LogP contribution in [0.2, 0.25) is 0 Å². The van der Waals surface area contributed by atoms with Crippen molar-refractivity contribution >= 4 is 28.0 Å². The third-order valence-corrected chi connectivity index (χ3v) is 6.02. The Kier molecular flexibility index (Phi) is 28.8. The van der Waals surface area contributed by atoms with Crippen molar-refractivity contribution in [2.24, 2.45) is 0 Å². The molecule has 0 aromatic heterocycles. The van der Waals surface area contributed by atoms with E-state index in [1.165, 1.54) is 58.3 Å². The molecule has 34 heavy (non-hydrogen) atoms. The van der Waals surface area contributed by atoms with Crippen LogP contribution in [-0.4, -0.2) is 42.7 Å². The maximum absolute atomic E-state index is 11.9. The zero-order valence-corrected chi connectivity index (χ0v) is 26.3. The van der Waals surface area contributed by atoms with Crippen LogP contribution in [0.3, 0.4) is 0 Å². The predicted octanol–water partition coefficient (Wildman–Crippen LogP) is -1.09. The molecule has 9 nitrogen and oxygen atoms in total. The fourth-order valence-corrected chi connectivity index (χ4v) is 3.77. The Morgan fingerprint density at radius 2 is 1.21 bits per heavy atom. The molecule has 192 valence electrons. The number of ether oxygens (including phenoxy) is 1. The Labute approximate surface area is 252 Å². The molecule has 0 aromatic carbocycles. The number of hydrogen-bond donors (Lipinski definition) is 1. The minimum Gasteiger partial charge on any atom is -1.00 e. The van der Waals surface area contributed by atoms with Gasteiger partial charge >= 0.3 is 77.0 Å². The maximum atomic E-state index is 11.9. The number of hydrogen-bond acceptors (Lipinski definition) is 8. The Bertz CT molecular complexity index is 653. The van der Waals surface area contributed by atoms with Crippen molar-refractivity contribution in [3.8, 4) is 0 Å². The summed E-state index contributed by atoms with van der Waals surface area (Å²) in [5, 5.41) is -2.24. The Balaban J connectivity index is -0.000000801. The van der Waals surface area contributed by atoms with Gasteiger partial charge in [-0.2, -0.15) is 13.3 Å². The van der Waals surface area contributed by atoms with Crippen LogP contribution in [0, 0.1) is 0 Å². The molecule has 1 N–H and O–H groups in total. The van der Waals surface area contributed by atoms with Crippen LogP contribution in [0.15, 0.2) is 0 Å². The van der Waals surface area contributed by atoms with E-state index in [1.807, 2.05) is 0 Å². The van der Waals surface area contributed by atoms with Crippen molar-refractivity contribution in [2.45, 2.75) is 115 Å². The molecule has 0 bridgehead atoms. The van der Waals surface area contributed by atoms with Gasteiger partial charge in [-0.1, -0.05) is 84.0 Å². The fraction of sp³-hybridized carbons (Fsp3) is 0.864. The Morgan fingerprint density at radius 3 is 1.62 bits per heavy atom. The smallest absolute Gasteiger partial charge is 1.00 e. The van der Waals surface area contributed by atoms with E-state index in [-0.39, 0.29) is 75.0 Å². The van der Waals surface area contributed by atoms with Crippen molar-refractivity contribution in [1.82, 2.24) is 0 Å². The molecule has 0 spiro atoms. The summed E-state index contributed by atoms with van der Waals surface area (Å²) in [5.74, 6) is -3.60. The molecular weight excluding hydrogens is 486 g/mol. The molecule has 0 amide bonds. The van der Waals surface area contributed by atoms with E-state index < -0.39 is 39.7 Å². The molecule has 0 radical (unpaired) electrons. The van der Waals surface area contributed by atoms with Gasteiger partial charge in [-0.05, 0) is 13.3 Å². The molecule has 0 fully saturated rings. The first-order valence-electron chi connectivity index (χ1n) is 11.7. The van der Waals surface area contributed by atoms with E-state index in [4.69, 9.17) is 4.55 Å². The first-order chi connectivity index (χ1) is 15.2. The van der Waals surface area contributed by atoms with E-state index in [1.54, 1.807) is 0 Å². The van der Waals surface area contributed by atoms with Crippen LogP contribution < -0.4 is 59.1 Å². The Morgan fingerprint density at radius 1 is 0.765 bits per heavy atom. The van der Waals surface area contributed by atoms with Crippen molar-refractivity contribution in [2.75, 3.05) is 6.61 Å². The molecule has 12 heteroatoms. The van der Waals surface area contributed by atoms with Gasteiger partial charge in [0, 0.05) is 6.42 Å². The van der Waals surface area contributed by atoms with Gasteiger partial charge in [-0.15, -0.1) is 0 Å². The average molecular weight is 529 g/mol. The number of carbonyl (C=O) groups is 3. The number of rotatable bonds is 20. The molecule has 1 atom stereocenters. The second-order valence-electron chi connectivity index (χ2n) is 7.86. The van der Waals surface area contributed by atoms with Crippen LogP contribution in [-0.2, 0) is 39.0 Å². The van der Waals surface area contributed by atoms with Gasteiger partial charge in [0.2, 0.25) is 0 Å². The van der Waals surface area contributed by atoms with Crippen LogP contribution in [0.25, 0.3) is 0 Å². The zero-order chi connectivity index (χ0) is 24.2. The molecule has 0 aliphatic carbocycles. The van der Waals surface area contributed by atoms with Gasteiger partial charge in [-0.3, -0.25) is 19.0 Å². The quantitative estimate of drug-likeness (QED) is 0.0398. The monoisotopic (exact) mass is 528 g/mol. The number of carbonyl (C=O) groups excluding carboxylic acids is 3. The van der Waals surface area contributed by atoms with Gasteiger partial charge in [-0.25, -0.2) is 4.79 Å². The third kappa shape index (κ3) is 22.9. The van der Waals surface area contributed by atoms with E-state index >= 15 is 0 Å². The van der Waals surface area contributed by atoms with Crippen molar-refractivity contribution in [3.05, 3.63) is 0 Å².